The molecule has 230 valence electrons. The fraction of sp³-hybridized carbons (Fsp3) is 0.355. The molecule has 0 spiro atoms. The van der Waals surface area contributed by atoms with Crippen molar-refractivity contribution in [3.63, 3.8) is 0 Å². The van der Waals surface area contributed by atoms with Crippen molar-refractivity contribution in [3.05, 3.63) is 88.2 Å². The number of sulfonamides is 1. The van der Waals surface area contributed by atoms with Crippen LogP contribution in [0.25, 0.3) is 0 Å². The van der Waals surface area contributed by atoms with E-state index in [1.807, 2.05) is 0 Å². The summed E-state index contributed by atoms with van der Waals surface area (Å²) < 4.78 is 47.8. The molecule has 0 bridgehead atoms. The van der Waals surface area contributed by atoms with Crippen molar-refractivity contribution < 1.29 is 27.1 Å². The number of methoxy groups -OCH3 is 1. The maximum absolute atomic E-state index is 14.2. The number of anilines is 1. The van der Waals surface area contributed by atoms with Crippen molar-refractivity contribution in [1.29, 1.82) is 0 Å². The first-order valence-electron chi connectivity index (χ1n) is 14.0. The van der Waals surface area contributed by atoms with Crippen LogP contribution in [0, 0.1) is 5.82 Å². The molecule has 1 atom stereocenters. The minimum Gasteiger partial charge on any atom is -0.497 e. The van der Waals surface area contributed by atoms with Gasteiger partial charge >= 0.3 is 0 Å². The topological polar surface area (TPSA) is 96.0 Å². The van der Waals surface area contributed by atoms with Crippen LogP contribution in [0.1, 0.15) is 44.6 Å². The van der Waals surface area contributed by atoms with Gasteiger partial charge in [0.05, 0.1) is 17.7 Å². The van der Waals surface area contributed by atoms with E-state index in [9.17, 15) is 22.4 Å². The van der Waals surface area contributed by atoms with Crippen LogP contribution >= 0.6 is 23.2 Å². The monoisotopic (exact) mass is 649 g/mol. The van der Waals surface area contributed by atoms with Crippen LogP contribution in [-0.2, 0) is 26.2 Å². The molecule has 8 nitrogen and oxygen atoms in total. The predicted molar refractivity (Wildman–Crippen MR) is 165 cm³/mol. The fourth-order valence-corrected chi connectivity index (χ4v) is 7.01. The van der Waals surface area contributed by atoms with Gasteiger partial charge in [-0.2, -0.15) is 0 Å². The third-order valence-electron chi connectivity index (χ3n) is 7.48. The molecule has 0 aromatic heterocycles. The van der Waals surface area contributed by atoms with Crippen LogP contribution in [0.2, 0.25) is 10.0 Å². The zero-order chi connectivity index (χ0) is 31.1. The van der Waals surface area contributed by atoms with Gasteiger partial charge in [-0.1, -0.05) is 49.0 Å². The first-order valence-corrected chi connectivity index (χ1v) is 16.2. The van der Waals surface area contributed by atoms with Crippen LogP contribution in [0.3, 0.4) is 0 Å². The third kappa shape index (κ3) is 7.99. The van der Waals surface area contributed by atoms with Crippen molar-refractivity contribution in [1.82, 2.24) is 10.2 Å². The maximum atomic E-state index is 14.2. The summed E-state index contributed by atoms with van der Waals surface area (Å²) in [4.78, 5) is 29.0. The molecule has 1 aliphatic rings. The molecule has 0 saturated heterocycles. The average molecular weight is 651 g/mol. The Balaban J connectivity index is 1.73. The zero-order valence-corrected chi connectivity index (χ0v) is 26.3. The van der Waals surface area contributed by atoms with Gasteiger partial charge in [0.2, 0.25) is 11.8 Å². The van der Waals surface area contributed by atoms with E-state index in [2.05, 4.69) is 5.32 Å². The molecule has 0 radical (unpaired) electrons. The standard InChI is InChI=1S/C31H34Cl2FN3O5S/c1-3-29(31(39)35-24-6-4-5-7-24)36(19-21-8-9-22(32)18-28(21)33)30(38)20-37(25-12-10-23(34)11-13-25)43(40,41)27-16-14-26(42-2)15-17-27/h8-18,24,29H,3-7,19-20H2,1-2H3,(H,35,39). The van der Waals surface area contributed by atoms with Gasteiger partial charge in [-0.25, -0.2) is 12.8 Å². The van der Waals surface area contributed by atoms with Crippen molar-refractivity contribution in [2.75, 3.05) is 18.0 Å². The highest BCUT2D eigenvalue weighted by atomic mass is 35.5. The molecule has 3 aromatic carbocycles. The lowest BCUT2D eigenvalue weighted by molar-refractivity contribution is -0.140. The number of hydrogen-bond acceptors (Lipinski definition) is 5. The van der Waals surface area contributed by atoms with Crippen LogP contribution in [0.15, 0.2) is 71.6 Å². The number of nitrogens with one attached hydrogen (secondary N) is 1. The van der Waals surface area contributed by atoms with Gasteiger partial charge in [-0.3, -0.25) is 13.9 Å². The first-order chi connectivity index (χ1) is 20.5. The van der Waals surface area contributed by atoms with Crippen LogP contribution in [-0.4, -0.2) is 50.9 Å². The van der Waals surface area contributed by atoms with Gasteiger partial charge in [0.1, 0.15) is 24.2 Å². The molecule has 1 unspecified atom stereocenters. The predicted octanol–water partition coefficient (Wildman–Crippen LogP) is 6.20. The molecule has 1 saturated carbocycles. The Morgan fingerprint density at radius 2 is 1.67 bits per heavy atom. The van der Waals surface area contributed by atoms with Gasteiger partial charge in [0.25, 0.3) is 10.0 Å². The number of rotatable bonds is 12. The van der Waals surface area contributed by atoms with E-state index in [4.69, 9.17) is 27.9 Å². The minimum atomic E-state index is -4.31. The highest BCUT2D eigenvalue weighted by Crippen LogP contribution is 2.28. The third-order valence-corrected chi connectivity index (χ3v) is 9.86. The summed E-state index contributed by atoms with van der Waals surface area (Å²) in [6.45, 7) is 1.07. The van der Waals surface area contributed by atoms with Crippen molar-refractivity contribution >= 4 is 50.7 Å². The molecular weight excluding hydrogens is 616 g/mol. The summed E-state index contributed by atoms with van der Waals surface area (Å²) in [5.74, 6) is -1.07. The lowest BCUT2D eigenvalue weighted by Gasteiger charge is -2.34. The maximum Gasteiger partial charge on any atom is 0.264 e. The van der Waals surface area contributed by atoms with Crippen molar-refractivity contribution in [3.8, 4) is 5.75 Å². The smallest absolute Gasteiger partial charge is 0.264 e. The summed E-state index contributed by atoms with van der Waals surface area (Å²) in [6, 6.07) is 14.5. The molecule has 0 aliphatic heterocycles. The van der Waals surface area contributed by atoms with Crippen molar-refractivity contribution in [2.24, 2.45) is 0 Å². The lowest BCUT2D eigenvalue weighted by Crippen LogP contribution is -2.53. The quantitative estimate of drug-likeness (QED) is 0.252. The average Bonchev–Trinajstić information content (AvgIpc) is 3.50. The number of benzene rings is 3. The Hall–Kier alpha value is -3.34. The normalized spacial score (nSPS) is 14.3. The summed E-state index contributed by atoms with van der Waals surface area (Å²) in [6.07, 6.45) is 4.02. The Bertz CT molecular complexity index is 1530. The van der Waals surface area contributed by atoms with Gasteiger partial charge in [0.15, 0.2) is 0 Å². The van der Waals surface area contributed by atoms with Gasteiger partial charge in [0, 0.05) is 22.6 Å². The van der Waals surface area contributed by atoms with E-state index in [0.29, 0.717) is 21.4 Å². The number of ether oxygens (including phenoxy) is 1. The molecule has 12 heteroatoms. The molecular formula is C31H34Cl2FN3O5S. The van der Waals surface area contributed by atoms with Crippen LogP contribution in [0.5, 0.6) is 5.75 Å². The molecule has 1 N–H and O–H groups in total. The molecule has 4 rings (SSSR count). The highest BCUT2D eigenvalue weighted by Gasteiger charge is 2.35. The number of carbonyl (C=O) groups is 2. The van der Waals surface area contributed by atoms with Crippen molar-refractivity contribution in [2.45, 2.75) is 62.6 Å². The van der Waals surface area contributed by atoms with E-state index in [-0.39, 0.29) is 35.5 Å². The molecule has 0 heterocycles. The number of carbonyl (C=O) groups excluding carboxylic acids is 2. The number of halogens is 3. The van der Waals surface area contributed by atoms with E-state index < -0.39 is 34.3 Å². The summed E-state index contributed by atoms with van der Waals surface area (Å²) >= 11 is 12.6. The number of hydrogen-bond donors (Lipinski definition) is 1. The molecule has 2 amide bonds. The molecule has 1 aliphatic carbocycles. The summed E-state index contributed by atoms with van der Waals surface area (Å²) in [5.41, 5.74) is 0.622. The molecule has 1 fully saturated rings. The summed E-state index contributed by atoms with van der Waals surface area (Å²) in [5, 5.41) is 3.77. The van der Waals surface area contributed by atoms with Gasteiger partial charge < -0.3 is 15.0 Å². The number of nitrogens with zero attached hydrogens (tertiary/aromatic N) is 2. The Morgan fingerprint density at radius 1 is 1.02 bits per heavy atom. The van der Waals surface area contributed by atoms with E-state index in [1.54, 1.807) is 25.1 Å². The van der Waals surface area contributed by atoms with Gasteiger partial charge in [-0.05, 0) is 85.5 Å². The van der Waals surface area contributed by atoms with E-state index in [0.717, 1.165) is 42.1 Å². The SMILES string of the molecule is CCC(C(=O)NC1CCCC1)N(Cc1ccc(Cl)cc1Cl)C(=O)CN(c1ccc(F)cc1)S(=O)(=O)c1ccc(OC)cc1. The first kappa shape index (κ1) is 32.6. The number of amides is 2. The largest absolute Gasteiger partial charge is 0.497 e. The second-order valence-electron chi connectivity index (χ2n) is 10.3. The molecule has 43 heavy (non-hydrogen) atoms. The van der Waals surface area contributed by atoms with Crippen LogP contribution in [0.4, 0.5) is 10.1 Å². The lowest BCUT2D eigenvalue weighted by atomic mass is 10.1. The zero-order valence-electron chi connectivity index (χ0n) is 23.9. The van der Waals surface area contributed by atoms with E-state index >= 15 is 0 Å². The molecule has 3 aromatic rings. The second-order valence-corrected chi connectivity index (χ2v) is 13.0. The minimum absolute atomic E-state index is 0.0174. The summed E-state index contributed by atoms with van der Waals surface area (Å²) in [7, 11) is -2.85. The Morgan fingerprint density at radius 3 is 2.26 bits per heavy atom. The Labute approximate surface area is 261 Å². The highest BCUT2D eigenvalue weighted by molar-refractivity contribution is 7.92. The van der Waals surface area contributed by atoms with Crippen LogP contribution < -0.4 is 14.4 Å². The second kappa shape index (κ2) is 14.4. The van der Waals surface area contributed by atoms with E-state index in [1.165, 1.54) is 48.4 Å². The van der Waals surface area contributed by atoms with Gasteiger partial charge in [-0.15, -0.1) is 0 Å². The fourth-order valence-electron chi connectivity index (χ4n) is 5.13. The Kier molecular flexibility index (Phi) is 10.9.